The summed E-state index contributed by atoms with van der Waals surface area (Å²) in [7, 11) is 2.15. The number of benzene rings is 1. The van der Waals surface area contributed by atoms with E-state index in [2.05, 4.69) is 60.7 Å². The van der Waals surface area contributed by atoms with Crippen molar-refractivity contribution in [3.05, 3.63) is 35.4 Å². The van der Waals surface area contributed by atoms with Gasteiger partial charge in [-0.3, -0.25) is 0 Å². The second kappa shape index (κ2) is 10.5. The van der Waals surface area contributed by atoms with E-state index in [-0.39, 0.29) is 24.0 Å². The Morgan fingerprint density at radius 3 is 2.73 bits per heavy atom. The van der Waals surface area contributed by atoms with Gasteiger partial charge >= 0.3 is 0 Å². The first-order valence-corrected chi connectivity index (χ1v) is 9.64. The van der Waals surface area contributed by atoms with Gasteiger partial charge in [-0.15, -0.1) is 24.0 Å². The minimum Gasteiger partial charge on any atom is -0.373 e. The zero-order valence-corrected chi connectivity index (χ0v) is 18.5. The molecule has 6 heteroatoms. The molecule has 2 aliphatic heterocycles. The predicted octanol–water partition coefficient (Wildman–Crippen LogP) is 3.13. The van der Waals surface area contributed by atoms with Crippen LogP contribution in [-0.2, 0) is 17.8 Å². The number of fused-ring (bicyclic) bond motifs is 2. The number of ether oxygens (including phenoxy) is 1. The summed E-state index contributed by atoms with van der Waals surface area (Å²) in [4.78, 5) is 7.11. The molecule has 2 aliphatic rings. The van der Waals surface area contributed by atoms with E-state index in [1.54, 1.807) is 0 Å². The molecule has 0 aliphatic carbocycles. The highest BCUT2D eigenvalue weighted by atomic mass is 127. The maximum Gasteiger partial charge on any atom is 0.191 e. The van der Waals surface area contributed by atoms with E-state index in [4.69, 9.17) is 9.73 Å². The van der Waals surface area contributed by atoms with Gasteiger partial charge in [-0.05, 0) is 50.9 Å². The van der Waals surface area contributed by atoms with Gasteiger partial charge < -0.3 is 20.3 Å². The molecule has 3 rings (SSSR count). The van der Waals surface area contributed by atoms with Crippen LogP contribution >= 0.6 is 24.0 Å². The van der Waals surface area contributed by atoms with E-state index < -0.39 is 0 Å². The number of aliphatic imine (C=N–C) groups is 1. The molecule has 146 valence electrons. The predicted molar refractivity (Wildman–Crippen MR) is 118 cm³/mol. The lowest BCUT2D eigenvalue weighted by Crippen LogP contribution is -2.47. The highest BCUT2D eigenvalue weighted by molar-refractivity contribution is 14.0. The molecule has 0 radical (unpaired) electrons. The number of hydrogen-bond acceptors (Lipinski definition) is 3. The van der Waals surface area contributed by atoms with Crippen molar-refractivity contribution in [1.29, 1.82) is 0 Å². The van der Waals surface area contributed by atoms with Crippen LogP contribution in [0.2, 0.25) is 0 Å². The summed E-state index contributed by atoms with van der Waals surface area (Å²) in [5.41, 5.74) is 2.60. The number of hydrogen-bond donors (Lipinski definition) is 2. The van der Waals surface area contributed by atoms with E-state index in [0.29, 0.717) is 24.8 Å². The molecule has 1 aromatic carbocycles. The molecule has 26 heavy (non-hydrogen) atoms. The molecule has 1 aromatic rings. The van der Waals surface area contributed by atoms with Gasteiger partial charge in [0.05, 0.1) is 24.8 Å². The molecule has 2 bridgehead atoms. The van der Waals surface area contributed by atoms with Crippen LogP contribution in [0.15, 0.2) is 29.3 Å². The van der Waals surface area contributed by atoms with Crippen molar-refractivity contribution in [3.8, 4) is 0 Å². The van der Waals surface area contributed by atoms with Gasteiger partial charge in [0.15, 0.2) is 5.96 Å². The van der Waals surface area contributed by atoms with Crippen LogP contribution in [0.5, 0.6) is 0 Å². The van der Waals surface area contributed by atoms with Gasteiger partial charge in [0.25, 0.3) is 0 Å². The zero-order chi connectivity index (χ0) is 17.6. The molecule has 0 aromatic heterocycles. The molecule has 2 fully saturated rings. The number of rotatable bonds is 7. The van der Waals surface area contributed by atoms with Crippen molar-refractivity contribution in [2.75, 3.05) is 20.1 Å². The molecule has 2 N–H and O–H groups in total. The van der Waals surface area contributed by atoms with Gasteiger partial charge in [0.1, 0.15) is 0 Å². The first-order valence-electron chi connectivity index (χ1n) is 9.64. The zero-order valence-electron chi connectivity index (χ0n) is 16.2. The first-order chi connectivity index (χ1) is 12.2. The van der Waals surface area contributed by atoms with Crippen LogP contribution in [0.3, 0.4) is 0 Å². The summed E-state index contributed by atoms with van der Waals surface area (Å²) in [6, 6.07) is 9.15. The van der Waals surface area contributed by atoms with Crippen molar-refractivity contribution in [2.24, 2.45) is 4.99 Å². The quantitative estimate of drug-likeness (QED) is 0.364. The Morgan fingerprint density at radius 2 is 2.08 bits per heavy atom. The molecule has 2 saturated heterocycles. The molecule has 0 spiro atoms. The summed E-state index contributed by atoms with van der Waals surface area (Å²) in [6.07, 6.45) is 4.32. The van der Waals surface area contributed by atoms with Crippen molar-refractivity contribution in [1.82, 2.24) is 15.5 Å². The fourth-order valence-corrected chi connectivity index (χ4v) is 3.71. The molecule has 0 saturated carbocycles. The van der Waals surface area contributed by atoms with Crippen molar-refractivity contribution in [2.45, 2.75) is 64.4 Å². The van der Waals surface area contributed by atoms with Crippen LogP contribution in [0.4, 0.5) is 0 Å². The molecular weight excluding hydrogens is 439 g/mol. The van der Waals surface area contributed by atoms with E-state index >= 15 is 0 Å². The Balaban J connectivity index is 0.00000243. The lowest BCUT2D eigenvalue weighted by Gasteiger charge is -2.22. The fraction of sp³-hybridized carbons (Fsp3) is 0.650. The Labute approximate surface area is 175 Å². The number of nitrogens with one attached hydrogen (secondary N) is 2. The van der Waals surface area contributed by atoms with Gasteiger partial charge in [-0.2, -0.15) is 0 Å². The molecule has 2 heterocycles. The lowest BCUT2D eigenvalue weighted by molar-refractivity contribution is 0.0992. The topological polar surface area (TPSA) is 48.9 Å². The Bertz CT molecular complexity index is 595. The van der Waals surface area contributed by atoms with Gasteiger partial charge in [-0.25, -0.2) is 4.99 Å². The van der Waals surface area contributed by atoms with E-state index in [1.807, 2.05) is 0 Å². The largest absolute Gasteiger partial charge is 0.373 e. The summed E-state index contributed by atoms with van der Waals surface area (Å²) >= 11 is 0. The van der Waals surface area contributed by atoms with Crippen LogP contribution in [0.1, 0.15) is 44.2 Å². The molecule has 0 amide bonds. The van der Waals surface area contributed by atoms with Gasteiger partial charge in [0.2, 0.25) is 0 Å². The minimum absolute atomic E-state index is 0. The number of halogens is 1. The third-order valence-corrected chi connectivity index (χ3v) is 5.18. The second-order valence-corrected chi connectivity index (χ2v) is 7.21. The monoisotopic (exact) mass is 472 g/mol. The summed E-state index contributed by atoms with van der Waals surface area (Å²) in [6.45, 7) is 7.89. The smallest absolute Gasteiger partial charge is 0.191 e. The van der Waals surface area contributed by atoms with E-state index in [9.17, 15) is 0 Å². The number of guanidine groups is 1. The minimum atomic E-state index is 0. The third kappa shape index (κ3) is 5.82. The van der Waals surface area contributed by atoms with Crippen molar-refractivity contribution in [3.63, 3.8) is 0 Å². The molecule has 3 unspecified atom stereocenters. The summed E-state index contributed by atoms with van der Waals surface area (Å²) in [5.74, 6) is 0.903. The highest BCUT2D eigenvalue weighted by Gasteiger charge is 2.41. The maximum absolute atomic E-state index is 5.94. The first kappa shape index (κ1) is 21.4. The second-order valence-electron chi connectivity index (χ2n) is 7.21. The average Bonchev–Trinajstić information content (AvgIpc) is 3.23. The van der Waals surface area contributed by atoms with E-state index in [1.165, 1.54) is 24.0 Å². The Hall–Kier alpha value is -0.860. The van der Waals surface area contributed by atoms with Crippen molar-refractivity contribution < 1.29 is 4.74 Å². The molecule has 5 nitrogen and oxygen atoms in total. The van der Waals surface area contributed by atoms with Crippen LogP contribution < -0.4 is 10.6 Å². The summed E-state index contributed by atoms with van der Waals surface area (Å²) < 4.78 is 5.94. The Morgan fingerprint density at radius 1 is 1.27 bits per heavy atom. The van der Waals surface area contributed by atoms with Crippen LogP contribution in [-0.4, -0.2) is 49.2 Å². The number of nitrogens with zero attached hydrogens (tertiary/aromatic N) is 2. The van der Waals surface area contributed by atoms with Crippen molar-refractivity contribution >= 4 is 29.9 Å². The highest BCUT2D eigenvalue weighted by Crippen LogP contribution is 2.34. The summed E-state index contributed by atoms with van der Waals surface area (Å²) in [5, 5.41) is 6.95. The van der Waals surface area contributed by atoms with Crippen LogP contribution in [0, 0.1) is 0 Å². The molecular formula is C20H33IN4O. The third-order valence-electron chi connectivity index (χ3n) is 5.18. The molecule has 3 atom stereocenters. The average molecular weight is 472 g/mol. The lowest BCUT2D eigenvalue weighted by atomic mass is 9.96. The Kier molecular flexibility index (Phi) is 8.63. The van der Waals surface area contributed by atoms with Gasteiger partial charge in [0, 0.05) is 13.1 Å². The maximum atomic E-state index is 5.94. The normalized spacial score (nSPS) is 24.6. The SMILES string of the molecule is CCNC(=NCc1cccc(CN(C)CC)c1)NC1CC2CCC1O2.I. The van der Waals surface area contributed by atoms with Gasteiger partial charge in [-0.1, -0.05) is 31.2 Å². The standard InChI is InChI=1S/C20H32N4O.HI/c1-4-21-20(23-18-12-17-9-10-19(18)25-17)22-13-15-7-6-8-16(11-15)14-24(3)5-2;/h6-8,11,17-19H,4-5,9-10,12-14H2,1-3H3,(H2,21,22,23);1H. The fourth-order valence-electron chi connectivity index (χ4n) is 3.71. The van der Waals surface area contributed by atoms with E-state index in [0.717, 1.165) is 32.0 Å². The van der Waals surface area contributed by atoms with Crippen LogP contribution in [0.25, 0.3) is 0 Å².